The number of nitrogens with one attached hydrogen (secondary N) is 1. The molecular formula is C13H19N5O. The van der Waals surface area contributed by atoms with E-state index < -0.39 is 0 Å². The Morgan fingerprint density at radius 3 is 2.95 bits per heavy atom. The Morgan fingerprint density at radius 1 is 1.32 bits per heavy atom. The van der Waals surface area contributed by atoms with Crippen LogP contribution >= 0.6 is 0 Å². The summed E-state index contributed by atoms with van der Waals surface area (Å²) in [5, 5.41) is 16.6. The summed E-state index contributed by atoms with van der Waals surface area (Å²) < 4.78 is 1.80. The van der Waals surface area contributed by atoms with E-state index in [2.05, 4.69) is 32.4 Å². The number of rotatable bonds is 4. The van der Waals surface area contributed by atoms with Crippen LogP contribution < -0.4 is 10.2 Å². The van der Waals surface area contributed by atoms with Gasteiger partial charge in [0, 0.05) is 57.2 Å². The standard InChI is InChI=1S/C13H19N5O/c19-9-1-2-12-15-13-10-11(3-6-18(13)16-12)17-7-4-14-5-8-17/h3,6,10,14,19H,1-2,4-5,7-9H2. The van der Waals surface area contributed by atoms with E-state index in [1.807, 2.05) is 6.20 Å². The molecule has 6 nitrogen and oxygen atoms in total. The minimum Gasteiger partial charge on any atom is -0.396 e. The maximum absolute atomic E-state index is 8.84. The van der Waals surface area contributed by atoms with Crippen molar-refractivity contribution in [1.82, 2.24) is 19.9 Å². The molecule has 0 aliphatic carbocycles. The number of aliphatic hydroxyl groups excluding tert-OH is 1. The predicted octanol–water partition coefficient (Wildman–Crippen LogP) is 0.0638. The second-order valence-corrected chi connectivity index (χ2v) is 4.78. The zero-order valence-electron chi connectivity index (χ0n) is 10.9. The van der Waals surface area contributed by atoms with Crippen LogP contribution in [0, 0.1) is 0 Å². The Hall–Kier alpha value is -1.66. The van der Waals surface area contributed by atoms with E-state index in [1.54, 1.807) is 4.52 Å². The Morgan fingerprint density at radius 2 is 2.16 bits per heavy atom. The molecule has 6 heteroatoms. The highest BCUT2D eigenvalue weighted by Crippen LogP contribution is 2.16. The van der Waals surface area contributed by atoms with Gasteiger partial charge in [0.15, 0.2) is 11.5 Å². The second-order valence-electron chi connectivity index (χ2n) is 4.78. The largest absolute Gasteiger partial charge is 0.396 e. The van der Waals surface area contributed by atoms with Crippen molar-refractivity contribution in [3.8, 4) is 0 Å². The molecule has 3 rings (SSSR count). The first-order valence-electron chi connectivity index (χ1n) is 6.78. The number of hydrogen-bond donors (Lipinski definition) is 2. The molecule has 0 aromatic carbocycles. The molecule has 1 fully saturated rings. The average molecular weight is 261 g/mol. The SMILES string of the molecule is OCCCc1nc2cc(N3CCNCC3)ccn2n1. The van der Waals surface area contributed by atoms with Crippen LogP contribution in [-0.4, -0.2) is 52.5 Å². The van der Waals surface area contributed by atoms with Crippen LogP contribution in [0.15, 0.2) is 18.3 Å². The Labute approximate surface area is 112 Å². The zero-order valence-corrected chi connectivity index (χ0v) is 10.9. The number of aliphatic hydroxyl groups is 1. The molecule has 1 saturated heterocycles. The van der Waals surface area contributed by atoms with Gasteiger partial charge >= 0.3 is 0 Å². The Balaban J connectivity index is 1.83. The van der Waals surface area contributed by atoms with Crippen LogP contribution in [0.2, 0.25) is 0 Å². The highest BCUT2D eigenvalue weighted by Gasteiger charge is 2.12. The van der Waals surface area contributed by atoms with Crippen molar-refractivity contribution in [3.05, 3.63) is 24.2 Å². The van der Waals surface area contributed by atoms with Gasteiger partial charge in [0.25, 0.3) is 0 Å². The van der Waals surface area contributed by atoms with Gasteiger partial charge in [0.1, 0.15) is 0 Å². The molecule has 2 aromatic rings. The molecule has 19 heavy (non-hydrogen) atoms. The molecule has 0 radical (unpaired) electrons. The highest BCUT2D eigenvalue weighted by atomic mass is 16.2. The van der Waals surface area contributed by atoms with Gasteiger partial charge in [-0.1, -0.05) is 0 Å². The molecule has 3 heterocycles. The van der Waals surface area contributed by atoms with E-state index >= 15 is 0 Å². The molecule has 2 aromatic heterocycles. The van der Waals surface area contributed by atoms with Gasteiger partial charge in [0.05, 0.1) is 0 Å². The van der Waals surface area contributed by atoms with Crippen LogP contribution in [0.1, 0.15) is 12.2 Å². The smallest absolute Gasteiger partial charge is 0.157 e. The monoisotopic (exact) mass is 261 g/mol. The molecule has 0 saturated carbocycles. The lowest BCUT2D eigenvalue weighted by molar-refractivity contribution is 0.287. The first-order chi connectivity index (χ1) is 9.36. The number of piperazine rings is 1. The first-order valence-corrected chi connectivity index (χ1v) is 6.78. The van der Waals surface area contributed by atoms with Crippen LogP contribution in [-0.2, 0) is 6.42 Å². The minimum absolute atomic E-state index is 0.182. The number of hydrogen-bond acceptors (Lipinski definition) is 5. The molecule has 0 amide bonds. The molecule has 102 valence electrons. The lowest BCUT2D eigenvalue weighted by Crippen LogP contribution is -2.43. The number of aromatic nitrogens is 3. The van der Waals surface area contributed by atoms with Crippen molar-refractivity contribution in [2.75, 3.05) is 37.7 Å². The predicted molar refractivity (Wildman–Crippen MR) is 73.5 cm³/mol. The molecule has 0 atom stereocenters. The summed E-state index contributed by atoms with van der Waals surface area (Å²) in [7, 11) is 0. The summed E-state index contributed by atoms with van der Waals surface area (Å²) in [6.45, 7) is 4.30. The van der Waals surface area contributed by atoms with Gasteiger partial charge in [-0.05, 0) is 12.5 Å². The van der Waals surface area contributed by atoms with E-state index in [-0.39, 0.29) is 6.61 Å². The van der Waals surface area contributed by atoms with Gasteiger partial charge < -0.3 is 15.3 Å². The summed E-state index contributed by atoms with van der Waals surface area (Å²) >= 11 is 0. The van der Waals surface area contributed by atoms with Gasteiger partial charge in [-0.2, -0.15) is 5.10 Å². The topological polar surface area (TPSA) is 65.7 Å². The fourth-order valence-electron chi connectivity index (χ4n) is 2.38. The van der Waals surface area contributed by atoms with Crippen LogP contribution in [0.4, 0.5) is 5.69 Å². The fraction of sp³-hybridized carbons (Fsp3) is 0.538. The van der Waals surface area contributed by atoms with Gasteiger partial charge in [-0.25, -0.2) is 9.50 Å². The van der Waals surface area contributed by atoms with Crippen molar-refractivity contribution >= 4 is 11.3 Å². The van der Waals surface area contributed by atoms with E-state index in [1.165, 1.54) is 5.69 Å². The third-order valence-electron chi connectivity index (χ3n) is 3.41. The molecule has 1 aliphatic heterocycles. The minimum atomic E-state index is 0.182. The van der Waals surface area contributed by atoms with E-state index in [9.17, 15) is 0 Å². The van der Waals surface area contributed by atoms with Gasteiger partial charge in [0.2, 0.25) is 0 Å². The molecule has 0 unspecified atom stereocenters. The van der Waals surface area contributed by atoms with Crippen LogP contribution in [0.5, 0.6) is 0 Å². The first kappa shape index (κ1) is 12.4. The molecule has 0 spiro atoms. The van der Waals surface area contributed by atoms with E-state index in [0.717, 1.165) is 44.1 Å². The highest BCUT2D eigenvalue weighted by molar-refractivity contribution is 5.56. The normalized spacial score (nSPS) is 16.2. The van der Waals surface area contributed by atoms with E-state index in [0.29, 0.717) is 6.42 Å². The molecule has 2 N–H and O–H groups in total. The summed E-state index contributed by atoms with van der Waals surface area (Å²) in [4.78, 5) is 6.86. The van der Waals surface area contributed by atoms with Crippen molar-refractivity contribution in [1.29, 1.82) is 0 Å². The fourth-order valence-corrected chi connectivity index (χ4v) is 2.38. The lowest BCUT2D eigenvalue weighted by Gasteiger charge is -2.29. The Bertz CT molecular complexity index is 547. The third kappa shape index (κ3) is 2.69. The maximum atomic E-state index is 8.84. The summed E-state index contributed by atoms with van der Waals surface area (Å²) in [5.74, 6) is 0.798. The molecule has 1 aliphatic rings. The summed E-state index contributed by atoms with van der Waals surface area (Å²) in [6, 6.07) is 4.17. The maximum Gasteiger partial charge on any atom is 0.157 e. The number of nitrogens with zero attached hydrogens (tertiary/aromatic N) is 4. The number of aryl methyl sites for hydroxylation is 1. The van der Waals surface area contributed by atoms with Crippen molar-refractivity contribution in [3.63, 3.8) is 0 Å². The average Bonchev–Trinajstić information content (AvgIpc) is 2.87. The van der Waals surface area contributed by atoms with Crippen LogP contribution in [0.25, 0.3) is 5.65 Å². The second kappa shape index (κ2) is 5.54. The quantitative estimate of drug-likeness (QED) is 0.815. The van der Waals surface area contributed by atoms with Gasteiger partial charge in [-0.3, -0.25) is 0 Å². The number of anilines is 1. The lowest BCUT2D eigenvalue weighted by atomic mass is 10.3. The summed E-state index contributed by atoms with van der Waals surface area (Å²) in [5.41, 5.74) is 2.08. The third-order valence-corrected chi connectivity index (χ3v) is 3.41. The molecular weight excluding hydrogens is 242 g/mol. The van der Waals surface area contributed by atoms with Crippen molar-refractivity contribution in [2.45, 2.75) is 12.8 Å². The van der Waals surface area contributed by atoms with Crippen molar-refractivity contribution in [2.24, 2.45) is 0 Å². The Kier molecular flexibility index (Phi) is 3.61. The number of pyridine rings is 1. The van der Waals surface area contributed by atoms with E-state index in [4.69, 9.17) is 5.11 Å². The zero-order chi connectivity index (χ0) is 13.1. The number of fused-ring (bicyclic) bond motifs is 1. The summed E-state index contributed by atoms with van der Waals surface area (Å²) in [6.07, 6.45) is 3.39. The van der Waals surface area contributed by atoms with Crippen LogP contribution in [0.3, 0.4) is 0 Å². The molecule has 0 bridgehead atoms. The van der Waals surface area contributed by atoms with Gasteiger partial charge in [-0.15, -0.1) is 0 Å². The van der Waals surface area contributed by atoms with Crippen molar-refractivity contribution < 1.29 is 5.11 Å².